The Labute approximate surface area is 184 Å². The van der Waals surface area contributed by atoms with Crippen LogP contribution in [-0.4, -0.2) is 64.5 Å². The quantitative estimate of drug-likeness (QED) is 0.584. The van der Waals surface area contributed by atoms with Crippen LogP contribution >= 0.6 is 0 Å². The van der Waals surface area contributed by atoms with Gasteiger partial charge in [-0.3, -0.25) is 14.9 Å². The number of rotatable bonds is 8. The van der Waals surface area contributed by atoms with Gasteiger partial charge in [-0.15, -0.1) is 0 Å². The van der Waals surface area contributed by atoms with Gasteiger partial charge >= 0.3 is 0 Å². The molecule has 0 spiro atoms. The summed E-state index contributed by atoms with van der Waals surface area (Å²) in [5.41, 5.74) is 5.92. The maximum atomic E-state index is 9.67. The number of aromatic amines is 1. The van der Waals surface area contributed by atoms with E-state index in [1.54, 1.807) is 7.11 Å². The molecule has 2 heterocycles. The Morgan fingerprint density at radius 2 is 1.97 bits per heavy atom. The predicted molar refractivity (Wildman–Crippen MR) is 123 cm³/mol. The van der Waals surface area contributed by atoms with Gasteiger partial charge < -0.3 is 9.84 Å². The number of aromatic nitrogens is 2. The summed E-state index contributed by atoms with van der Waals surface area (Å²) < 4.78 is 5.39. The molecule has 164 valence electrons. The zero-order chi connectivity index (χ0) is 21.6. The van der Waals surface area contributed by atoms with Crippen molar-refractivity contribution in [3.8, 4) is 17.0 Å². The number of piperazine rings is 1. The van der Waals surface area contributed by atoms with Crippen molar-refractivity contribution < 1.29 is 9.84 Å². The number of nitrogens with one attached hydrogen (secondary N) is 1. The molecule has 0 amide bonds. The van der Waals surface area contributed by atoms with Crippen molar-refractivity contribution in [2.24, 2.45) is 0 Å². The predicted octanol–water partition coefficient (Wildman–Crippen LogP) is 3.46. The molecule has 1 aromatic heterocycles. The van der Waals surface area contributed by atoms with Crippen LogP contribution < -0.4 is 4.74 Å². The summed E-state index contributed by atoms with van der Waals surface area (Å²) in [5, 5.41) is 17.1. The highest BCUT2D eigenvalue weighted by Gasteiger charge is 2.27. The lowest BCUT2D eigenvalue weighted by Crippen LogP contribution is -2.52. The van der Waals surface area contributed by atoms with Crippen LogP contribution in [0.2, 0.25) is 0 Å². The fraction of sp³-hybridized carbons (Fsp3) is 0.400. The van der Waals surface area contributed by atoms with Gasteiger partial charge in [0.05, 0.1) is 19.0 Å². The third-order valence-electron chi connectivity index (χ3n) is 6.17. The first-order chi connectivity index (χ1) is 15.2. The van der Waals surface area contributed by atoms with E-state index in [1.807, 2.05) is 18.3 Å². The largest absolute Gasteiger partial charge is 0.496 e. The van der Waals surface area contributed by atoms with E-state index in [2.05, 4.69) is 63.3 Å². The maximum absolute atomic E-state index is 9.67. The third kappa shape index (κ3) is 5.15. The Bertz CT molecular complexity index is 973. The van der Waals surface area contributed by atoms with Gasteiger partial charge in [0.25, 0.3) is 0 Å². The number of hydrogen-bond acceptors (Lipinski definition) is 5. The molecule has 31 heavy (non-hydrogen) atoms. The van der Waals surface area contributed by atoms with Gasteiger partial charge in [-0.05, 0) is 36.1 Å². The fourth-order valence-corrected chi connectivity index (χ4v) is 4.53. The van der Waals surface area contributed by atoms with E-state index in [0.29, 0.717) is 6.04 Å². The number of H-pyrrole nitrogens is 1. The molecule has 0 radical (unpaired) electrons. The number of benzene rings is 2. The lowest BCUT2D eigenvalue weighted by atomic mass is 10.0. The van der Waals surface area contributed by atoms with Gasteiger partial charge in [0.15, 0.2) is 0 Å². The van der Waals surface area contributed by atoms with E-state index in [4.69, 9.17) is 4.74 Å². The van der Waals surface area contributed by atoms with Crippen LogP contribution in [0.3, 0.4) is 0 Å². The number of methoxy groups -OCH3 is 1. The van der Waals surface area contributed by atoms with Crippen molar-refractivity contribution in [1.82, 2.24) is 20.0 Å². The van der Waals surface area contributed by atoms with E-state index in [9.17, 15) is 5.11 Å². The summed E-state index contributed by atoms with van der Waals surface area (Å²) in [5.74, 6) is 0.926. The first-order valence-corrected chi connectivity index (χ1v) is 11.0. The molecular formula is C25H32N4O2. The molecule has 2 N–H and O–H groups in total. The second-order valence-corrected chi connectivity index (χ2v) is 8.31. The van der Waals surface area contributed by atoms with E-state index >= 15 is 0 Å². The molecule has 1 saturated heterocycles. The minimum Gasteiger partial charge on any atom is -0.496 e. The molecule has 1 unspecified atom stereocenters. The monoisotopic (exact) mass is 420 g/mol. The minimum atomic E-state index is 0.206. The normalized spacial score (nSPS) is 17.7. The average molecular weight is 421 g/mol. The molecule has 1 atom stereocenters. The molecular weight excluding hydrogens is 388 g/mol. The van der Waals surface area contributed by atoms with Crippen molar-refractivity contribution in [3.05, 3.63) is 71.4 Å². The summed E-state index contributed by atoms with van der Waals surface area (Å²) in [4.78, 5) is 4.98. The smallest absolute Gasteiger partial charge is 0.121 e. The zero-order valence-electron chi connectivity index (χ0n) is 18.4. The van der Waals surface area contributed by atoms with Crippen LogP contribution in [-0.2, 0) is 13.1 Å². The topological polar surface area (TPSA) is 64.6 Å². The van der Waals surface area contributed by atoms with Gasteiger partial charge in [0.2, 0.25) is 0 Å². The number of aliphatic hydroxyl groups is 1. The van der Waals surface area contributed by atoms with Gasteiger partial charge in [-0.25, -0.2) is 0 Å². The first-order valence-electron chi connectivity index (χ1n) is 11.0. The Morgan fingerprint density at radius 1 is 1.13 bits per heavy atom. The first kappa shape index (κ1) is 21.6. The van der Waals surface area contributed by atoms with Gasteiger partial charge in [-0.1, -0.05) is 42.5 Å². The van der Waals surface area contributed by atoms with Crippen molar-refractivity contribution in [2.75, 3.05) is 33.4 Å². The molecule has 1 fully saturated rings. The maximum Gasteiger partial charge on any atom is 0.121 e. The fourth-order valence-electron chi connectivity index (χ4n) is 4.53. The molecule has 2 aromatic carbocycles. The number of nitrogens with zero attached hydrogens (tertiary/aromatic N) is 3. The van der Waals surface area contributed by atoms with Gasteiger partial charge in [0, 0.05) is 50.9 Å². The van der Waals surface area contributed by atoms with Crippen molar-refractivity contribution in [3.63, 3.8) is 0 Å². The molecule has 1 aliphatic heterocycles. The highest BCUT2D eigenvalue weighted by Crippen LogP contribution is 2.25. The number of ether oxygens (including phenoxy) is 1. The second-order valence-electron chi connectivity index (χ2n) is 8.31. The third-order valence-corrected chi connectivity index (χ3v) is 6.17. The Morgan fingerprint density at radius 3 is 2.71 bits per heavy atom. The van der Waals surface area contributed by atoms with E-state index in [0.717, 1.165) is 61.7 Å². The molecule has 1 aliphatic rings. The lowest BCUT2D eigenvalue weighted by Gasteiger charge is -2.41. The summed E-state index contributed by atoms with van der Waals surface area (Å²) in [6.07, 6.45) is 2.72. The zero-order valence-corrected chi connectivity index (χ0v) is 18.4. The van der Waals surface area contributed by atoms with Crippen LogP contribution in [0.4, 0.5) is 0 Å². The Kier molecular flexibility index (Phi) is 7.02. The van der Waals surface area contributed by atoms with Crippen molar-refractivity contribution in [2.45, 2.75) is 32.5 Å². The van der Waals surface area contributed by atoms with E-state index < -0.39 is 0 Å². The van der Waals surface area contributed by atoms with Crippen LogP contribution in [0.25, 0.3) is 11.3 Å². The number of aliphatic hydroxyl groups excluding tert-OH is 1. The van der Waals surface area contributed by atoms with E-state index in [1.165, 1.54) is 11.1 Å². The van der Waals surface area contributed by atoms with Gasteiger partial charge in [0.1, 0.15) is 5.75 Å². The van der Waals surface area contributed by atoms with Crippen LogP contribution in [0.5, 0.6) is 5.75 Å². The van der Waals surface area contributed by atoms with Crippen LogP contribution in [0.15, 0.2) is 54.7 Å². The Hall–Kier alpha value is -2.67. The summed E-state index contributed by atoms with van der Waals surface area (Å²) in [6, 6.07) is 17.1. The summed E-state index contributed by atoms with van der Waals surface area (Å²) in [6.45, 7) is 6.96. The number of hydrogen-bond donors (Lipinski definition) is 2. The molecule has 6 nitrogen and oxygen atoms in total. The Balaban J connectivity index is 1.43. The van der Waals surface area contributed by atoms with Crippen LogP contribution in [0, 0.1) is 6.92 Å². The molecule has 0 saturated carbocycles. The second kappa shape index (κ2) is 10.1. The summed E-state index contributed by atoms with van der Waals surface area (Å²) >= 11 is 0. The van der Waals surface area contributed by atoms with Crippen LogP contribution in [0.1, 0.15) is 23.1 Å². The lowest BCUT2D eigenvalue weighted by molar-refractivity contribution is 0.0500. The molecule has 0 bridgehead atoms. The molecule has 0 aliphatic carbocycles. The molecule has 6 heteroatoms. The highest BCUT2D eigenvalue weighted by atomic mass is 16.5. The van der Waals surface area contributed by atoms with Crippen molar-refractivity contribution in [1.29, 1.82) is 0 Å². The van der Waals surface area contributed by atoms with Gasteiger partial charge in [-0.2, -0.15) is 5.10 Å². The molecule has 3 aromatic rings. The highest BCUT2D eigenvalue weighted by molar-refractivity contribution is 5.62. The van der Waals surface area contributed by atoms with E-state index in [-0.39, 0.29) is 6.61 Å². The standard InChI is InChI=1S/C25H32N4O2/c1-19-14-20(8-9-24(19)31-2)16-29-12-11-28(18-23(29)10-13-30)17-22-15-26-27-25(22)21-6-4-3-5-7-21/h3-9,14-15,23,30H,10-13,16-18H2,1-2H3,(H,26,27). The average Bonchev–Trinajstić information content (AvgIpc) is 3.24. The van der Waals surface area contributed by atoms with Crippen molar-refractivity contribution >= 4 is 0 Å². The molecule has 4 rings (SSSR count). The number of aryl methyl sites for hydroxylation is 1. The minimum absolute atomic E-state index is 0.206. The summed E-state index contributed by atoms with van der Waals surface area (Å²) in [7, 11) is 1.71. The SMILES string of the molecule is COc1ccc(CN2CCN(Cc3cn[nH]c3-c3ccccc3)CC2CCO)cc1C.